The second kappa shape index (κ2) is 6.45. The van der Waals surface area contributed by atoms with Gasteiger partial charge < -0.3 is 4.90 Å². The van der Waals surface area contributed by atoms with Gasteiger partial charge in [0.1, 0.15) is 11.5 Å². The van der Waals surface area contributed by atoms with Gasteiger partial charge in [-0.1, -0.05) is 36.4 Å². The van der Waals surface area contributed by atoms with E-state index in [4.69, 9.17) is 0 Å². The zero-order valence-corrected chi connectivity index (χ0v) is 15.0. The van der Waals surface area contributed by atoms with E-state index in [1.807, 2.05) is 42.5 Å². The van der Waals surface area contributed by atoms with Crippen LogP contribution >= 0.6 is 0 Å². The number of halogens is 1. The highest BCUT2D eigenvalue weighted by Gasteiger charge is 2.44. The fourth-order valence-electron chi connectivity index (χ4n) is 4.93. The predicted octanol–water partition coefficient (Wildman–Crippen LogP) is 4.92. The summed E-state index contributed by atoms with van der Waals surface area (Å²) in [6, 6.07) is 17.2. The van der Waals surface area contributed by atoms with E-state index in [2.05, 4.69) is 9.88 Å². The third kappa shape index (κ3) is 2.80. The summed E-state index contributed by atoms with van der Waals surface area (Å²) < 4.78 is 13.2. The van der Waals surface area contributed by atoms with Crippen LogP contribution in [-0.2, 0) is 0 Å². The molecule has 0 N–H and O–H groups in total. The first-order valence-corrected chi connectivity index (χ1v) is 9.62. The molecule has 2 aliphatic heterocycles. The molecule has 2 aliphatic rings. The monoisotopic (exact) mass is 360 g/mol. The van der Waals surface area contributed by atoms with Gasteiger partial charge in [0.25, 0.3) is 5.91 Å². The zero-order valence-electron chi connectivity index (χ0n) is 15.0. The van der Waals surface area contributed by atoms with Gasteiger partial charge in [0, 0.05) is 23.7 Å². The van der Waals surface area contributed by atoms with E-state index in [-0.39, 0.29) is 23.8 Å². The number of pyridine rings is 1. The molecule has 4 heteroatoms. The largest absolute Gasteiger partial charge is 0.331 e. The Labute approximate surface area is 157 Å². The summed E-state index contributed by atoms with van der Waals surface area (Å²) in [5.41, 5.74) is 1.74. The minimum absolute atomic E-state index is 0.0526. The smallest absolute Gasteiger partial charge is 0.273 e. The maximum atomic E-state index is 13.4. The van der Waals surface area contributed by atoms with Crippen molar-refractivity contribution in [3.05, 3.63) is 77.9 Å². The molecule has 1 amide bonds. The lowest BCUT2D eigenvalue weighted by Crippen LogP contribution is -2.46. The number of fused-ring (bicyclic) bond motifs is 3. The summed E-state index contributed by atoms with van der Waals surface area (Å²) in [5, 5.41) is 1.97. The second-order valence-electron chi connectivity index (χ2n) is 7.70. The second-order valence-corrected chi connectivity index (χ2v) is 7.70. The first kappa shape index (κ1) is 16.4. The van der Waals surface area contributed by atoms with Crippen LogP contribution in [0.2, 0.25) is 0 Å². The lowest BCUT2D eigenvalue weighted by Gasteiger charge is -2.39. The number of carbonyl (C=O) groups is 1. The van der Waals surface area contributed by atoms with Gasteiger partial charge in [-0.05, 0) is 60.7 Å². The third-order valence-electron chi connectivity index (χ3n) is 6.19. The Morgan fingerprint density at radius 1 is 0.963 bits per heavy atom. The van der Waals surface area contributed by atoms with E-state index in [1.54, 1.807) is 6.20 Å². The average Bonchev–Trinajstić information content (AvgIpc) is 2.97. The Kier molecular flexibility index (Phi) is 3.92. The van der Waals surface area contributed by atoms with E-state index in [0.717, 1.165) is 36.5 Å². The number of aromatic nitrogens is 1. The van der Waals surface area contributed by atoms with Crippen molar-refractivity contribution >= 4 is 16.7 Å². The molecule has 3 aromatic rings. The molecule has 3 heterocycles. The Balaban J connectivity index is 1.44. The van der Waals surface area contributed by atoms with Crippen molar-refractivity contribution in [3.8, 4) is 0 Å². The fraction of sp³-hybridized carbons (Fsp3) is 0.304. The molecule has 0 spiro atoms. The number of hydrogen-bond acceptors (Lipinski definition) is 2. The van der Waals surface area contributed by atoms with Crippen LogP contribution in [0.15, 0.2) is 60.8 Å². The number of rotatable bonds is 2. The molecule has 3 atom stereocenters. The van der Waals surface area contributed by atoms with Gasteiger partial charge in [0.2, 0.25) is 0 Å². The number of hydrogen-bond donors (Lipinski definition) is 0. The van der Waals surface area contributed by atoms with E-state index >= 15 is 0 Å². The summed E-state index contributed by atoms with van der Waals surface area (Å²) >= 11 is 0. The maximum absolute atomic E-state index is 13.4. The Morgan fingerprint density at radius 2 is 1.67 bits per heavy atom. The SMILES string of the molecule is O=C(c1nccc2ccccc12)N1[C@@H]2CC[C@H]1CC(c1ccc(F)cc1)C2. The Bertz CT molecular complexity index is 981. The van der Waals surface area contributed by atoms with E-state index in [9.17, 15) is 9.18 Å². The van der Waals surface area contributed by atoms with Crippen LogP contribution < -0.4 is 0 Å². The summed E-state index contributed by atoms with van der Waals surface area (Å²) in [5.74, 6) is 0.251. The van der Waals surface area contributed by atoms with Crippen LogP contribution in [0.3, 0.4) is 0 Å². The van der Waals surface area contributed by atoms with Crippen molar-refractivity contribution in [2.24, 2.45) is 0 Å². The Hall–Kier alpha value is -2.75. The third-order valence-corrected chi connectivity index (χ3v) is 6.19. The highest BCUT2D eigenvalue weighted by Crippen LogP contribution is 2.43. The zero-order chi connectivity index (χ0) is 18.4. The van der Waals surface area contributed by atoms with Crippen LogP contribution in [0.25, 0.3) is 10.8 Å². The Morgan fingerprint density at radius 3 is 2.41 bits per heavy atom. The normalized spacial score (nSPS) is 24.3. The molecule has 136 valence electrons. The highest BCUT2D eigenvalue weighted by atomic mass is 19.1. The van der Waals surface area contributed by atoms with Crippen molar-refractivity contribution in [2.75, 3.05) is 0 Å². The molecule has 2 fully saturated rings. The van der Waals surface area contributed by atoms with Gasteiger partial charge in [0.05, 0.1) is 0 Å². The van der Waals surface area contributed by atoms with Crippen LogP contribution in [0, 0.1) is 5.82 Å². The van der Waals surface area contributed by atoms with Crippen molar-refractivity contribution in [2.45, 2.75) is 43.7 Å². The first-order valence-electron chi connectivity index (χ1n) is 9.62. The number of carbonyl (C=O) groups excluding carboxylic acids is 1. The summed E-state index contributed by atoms with van der Waals surface area (Å²) in [7, 11) is 0. The van der Waals surface area contributed by atoms with Gasteiger partial charge in [-0.15, -0.1) is 0 Å². The van der Waals surface area contributed by atoms with Crippen molar-refractivity contribution in [3.63, 3.8) is 0 Å². The minimum atomic E-state index is -0.198. The molecule has 0 saturated carbocycles. The predicted molar refractivity (Wildman–Crippen MR) is 103 cm³/mol. The quantitative estimate of drug-likeness (QED) is 0.649. The first-order chi connectivity index (χ1) is 13.2. The topological polar surface area (TPSA) is 33.2 Å². The molecule has 5 rings (SSSR count). The summed E-state index contributed by atoms with van der Waals surface area (Å²) in [6.07, 6.45) is 5.69. The number of nitrogens with zero attached hydrogens (tertiary/aromatic N) is 2. The molecular formula is C23H21FN2O. The van der Waals surface area contributed by atoms with E-state index in [1.165, 1.54) is 17.7 Å². The van der Waals surface area contributed by atoms with Crippen molar-refractivity contribution in [1.29, 1.82) is 0 Å². The van der Waals surface area contributed by atoms with Gasteiger partial charge in [0.15, 0.2) is 0 Å². The van der Waals surface area contributed by atoms with Crippen LogP contribution in [-0.4, -0.2) is 27.9 Å². The number of amides is 1. The summed E-state index contributed by atoms with van der Waals surface area (Å²) in [4.78, 5) is 19.9. The molecule has 3 nitrogen and oxygen atoms in total. The maximum Gasteiger partial charge on any atom is 0.273 e. The molecule has 2 saturated heterocycles. The molecule has 27 heavy (non-hydrogen) atoms. The molecule has 1 aromatic heterocycles. The van der Waals surface area contributed by atoms with Crippen molar-refractivity contribution < 1.29 is 9.18 Å². The van der Waals surface area contributed by atoms with Gasteiger partial charge in [-0.2, -0.15) is 0 Å². The van der Waals surface area contributed by atoms with E-state index < -0.39 is 0 Å². The van der Waals surface area contributed by atoms with E-state index in [0.29, 0.717) is 11.6 Å². The lowest BCUT2D eigenvalue weighted by atomic mass is 9.85. The molecule has 2 aromatic carbocycles. The molecule has 0 aliphatic carbocycles. The van der Waals surface area contributed by atoms with Crippen LogP contribution in [0.5, 0.6) is 0 Å². The molecule has 2 bridgehead atoms. The minimum Gasteiger partial charge on any atom is -0.331 e. The standard InChI is InChI=1S/C23H21FN2O/c24-18-7-5-15(6-8-18)17-13-19-9-10-20(14-17)26(19)23(27)22-21-4-2-1-3-16(21)11-12-25-22/h1-8,11-12,17,19-20H,9-10,13-14H2/t17?,19-,20+. The van der Waals surface area contributed by atoms with Crippen LogP contribution in [0.4, 0.5) is 4.39 Å². The molecule has 1 unspecified atom stereocenters. The van der Waals surface area contributed by atoms with Gasteiger partial charge in [-0.3, -0.25) is 9.78 Å². The number of benzene rings is 2. The molecular weight excluding hydrogens is 339 g/mol. The highest BCUT2D eigenvalue weighted by molar-refractivity contribution is 6.05. The van der Waals surface area contributed by atoms with Crippen LogP contribution in [0.1, 0.15) is 47.7 Å². The number of piperidine rings is 1. The summed E-state index contributed by atoms with van der Waals surface area (Å²) in [6.45, 7) is 0. The lowest BCUT2D eigenvalue weighted by molar-refractivity contribution is 0.0567. The van der Waals surface area contributed by atoms with Crippen molar-refractivity contribution in [1.82, 2.24) is 9.88 Å². The van der Waals surface area contributed by atoms with Gasteiger partial charge >= 0.3 is 0 Å². The van der Waals surface area contributed by atoms with Gasteiger partial charge in [-0.25, -0.2) is 4.39 Å². The average molecular weight is 360 g/mol. The fourth-order valence-corrected chi connectivity index (χ4v) is 4.93. The molecule has 0 radical (unpaired) electrons.